The maximum absolute atomic E-state index is 13.5. The number of hydrogen-bond acceptors (Lipinski definition) is 4. The lowest BCUT2D eigenvalue weighted by molar-refractivity contribution is 0.167. The molecule has 0 fully saturated rings. The molecule has 0 saturated carbocycles. The van der Waals surface area contributed by atoms with E-state index in [1.54, 1.807) is 6.92 Å². The number of anilines is 1. The van der Waals surface area contributed by atoms with Crippen molar-refractivity contribution in [3.05, 3.63) is 24.0 Å². The largest absolute Gasteiger partial charge is 0.396 e. The molecule has 2 N–H and O–H groups in total. The van der Waals surface area contributed by atoms with Gasteiger partial charge in [-0.2, -0.15) is 4.31 Å². The zero-order valence-electron chi connectivity index (χ0n) is 12.0. The highest BCUT2D eigenvalue weighted by molar-refractivity contribution is 7.89. The molecule has 0 heterocycles. The number of methoxy groups -OCH3 is 1. The Labute approximate surface area is 119 Å². The third-order valence-electron chi connectivity index (χ3n) is 3.18. The molecule has 1 atom stereocenters. The minimum Gasteiger partial charge on any atom is -0.396 e. The average molecular weight is 304 g/mol. The fraction of sp³-hybridized carbons (Fsp3) is 0.538. The van der Waals surface area contributed by atoms with Gasteiger partial charge in [0.1, 0.15) is 5.82 Å². The number of benzene rings is 1. The first-order valence-corrected chi connectivity index (χ1v) is 7.84. The van der Waals surface area contributed by atoms with E-state index >= 15 is 0 Å². The Morgan fingerprint density at radius 2 is 2.10 bits per heavy atom. The fourth-order valence-corrected chi connectivity index (χ4v) is 3.47. The van der Waals surface area contributed by atoms with Crippen molar-refractivity contribution in [2.75, 3.05) is 26.0 Å². The van der Waals surface area contributed by atoms with E-state index in [9.17, 15) is 12.8 Å². The summed E-state index contributed by atoms with van der Waals surface area (Å²) in [6.07, 6.45) is 0.653. The number of sulfonamides is 1. The molecule has 1 aromatic rings. The molecule has 0 aliphatic rings. The van der Waals surface area contributed by atoms with Crippen LogP contribution in [-0.2, 0) is 14.8 Å². The van der Waals surface area contributed by atoms with Crippen molar-refractivity contribution in [1.82, 2.24) is 4.31 Å². The maximum atomic E-state index is 13.5. The standard InChI is InChI=1S/C13H21FN2O3S/c1-4-10(2)16(7-8-19-3)20(17,18)11-5-6-13(15)12(14)9-11/h5-6,9-10H,4,7-8,15H2,1-3H3. The summed E-state index contributed by atoms with van der Waals surface area (Å²) in [6, 6.07) is 3.33. The van der Waals surface area contributed by atoms with Crippen LogP contribution in [0.1, 0.15) is 20.3 Å². The lowest BCUT2D eigenvalue weighted by Crippen LogP contribution is -2.40. The smallest absolute Gasteiger partial charge is 0.243 e. The third kappa shape index (κ3) is 3.68. The zero-order valence-corrected chi connectivity index (χ0v) is 12.8. The highest BCUT2D eigenvalue weighted by Gasteiger charge is 2.28. The van der Waals surface area contributed by atoms with E-state index in [1.165, 1.54) is 23.5 Å². The van der Waals surface area contributed by atoms with Crippen LogP contribution in [0, 0.1) is 5.82 Å². The van der Waals surface area contributed by atoms with Crippen LogP contribution in [0.25, 0.3) is 0 Å². The Bertz CT molecular complexity index is 549. The van der Waals surface area contributed by atoms with Crippen LogP contribution in [0.4, 0.5) is 10.1 Å². The normalized spacial score (nSPS) is 13.7. The van der Waals surface area contributed by atoms with E-state index in [0.717, 1.165) is 6.07 Å². The second-order valence-corrected chi connectivity index (χ2v) is 6.44. The Hall–Kier alpha value is -1.18. The van der Waals surface area contributed by atoms with Crippen molar-refractivity contribution in [2.45, 2.75) is 31.2 Å². The fourth-order valence-electron chi connectivity index (χ4n) is 1.77. The van der Waals surface area contributed by atoms with Crippen molar-refractivity contribution >= 4 is 15.7 Å². The Morgan fingerprint density at radius 3 is 2.60 bits per heavy atom. The van der Waals surface area contributed by atoms with E-state index < -0.39 is 15.8 Å². The molecule has 0 aliphatic heterocycles. The van der Waals surface area contributed by atoms with Gasteiger partial charge in [0, 0.05) is 19.7 Å². The molecule has 0 aliphatic carbocycles. The maximum Gasteiger partial charge on any atom is 0.243 e. The van der Waals surface area contributed by atoms with Crippen LogP contribution in [-0.4, -0.2) is 39.0 Å². The molecule has 5 nitrogen and oxygen atoms in total. The number of hydrogen-bond donors (Lipinski definition) is 1. The molecule has 0 amide bonds. The van der Waals surface area contributed by atoms with Gasteiger partial charge in [-0.1, -0.05) is 6.92 Å². The molecule has 0 aromatic heterocycles. The summed E-state index contributed by atoms with van der Waals surface area (Å²) >= 11 is 0. The predicted octanol–water partition coefficient (Wildman–Crippen LogP) is 1.84. The first-order chi connectivity index (χ1) is 9.34. The number of rotatable bonds is 7. The SMILES string of the molecule is CCC(C)N(CCOC)S(=O)(=O)c1ccc(N)c(F)c1. The first kappa shape index (κ1) is 16.9. The molecule has 114 valence electrons. The quantitative estimate of drug-likeness (QED) is 0.780. The Morgan fingerprint density at radius 1 is 1.45 bits per heavy atom. The summed E-state index contributed by atoms with van der Waals surface area (Å²) in [6.45, 7) is 4.20. The Balaban J connectivity index is 3.17. The van der Waals surface area contributed by atoms with Gasteiger partial charge in [0.15, 0.2) is 0 Å². The van der Waals surface area contributed by atoms with Crippen LogP contribution in [0.5, 0.6) is 0 Å². The molecule has 0 bridgehead atoms. The lowest BCUT2D eigenvalue weighted by atomic mass is 10.3. The summed E-state index contributed by atoms with van der Waals surface area (Å²) in [5.41, 5.74) is 5.30. The van der Waals surface area contributed by atoms with E-state index in [4.69, 9.17) is 10.5 Å². The number of halogens is 1. The molecule has 1 rings (SSSR count). The molecule has 0 radical (unpaired) electrons. The van der Waals surface area contributed by atoms with E-state index in [-0.39, 0.29) is 29.8 Å². The van der Waals surface area contributed by atoms with Gasteiger partial charge in [-0.3, -0.25) is 0 Å². The molecule has 0 saturated heterocycles. The number of nitrogen functional groups attached to an aromatic ring is 1. The van der Waals surface area contributed by atoms with E-state index in [1.807, 2.05) is 6.92 Å². The summed E-state index contributed by atoms with van der Waals surface area (Å²) < 4.78 is 44.9. The predicted molar refractivity (Wildman–Crippen MR) is 76.3 cm³/mol. The van der Waals surface area contributed by atoms with Crippen molar-refractivity contribution in [3.63, 3.8) is 0 Å². The number of nitrogens with zero attached hydrogens (tertiary/aromatic N) is 1. The highest BCUT2D eigenvalue weighted by Crippen LogP contribution is 2.22. The molecular formula is C13H21FN2O3S. The van der Waals surface area contributed by atoms with Gasteiger partial charge in [0.05, 0.1) is 17.2 Å². The van der Waals surface area contributed by atoms with Crippen molar-refractivity contribution in [1.29, 1.82) is 0 Å². The van der Waals surface area contributed by atoms with Crippen molar-refractivity contribution in [2.24, 2.45) is 0 Å². The van der Waals surface area contributed by atoms with Gasteiger partial charge < -0.3 is 10.5 Å². The van der Waals surface area contributed by atoms with Crippen LogP contribution in [0.2, 0.25) is 0 Å². The molecule has 1 aromatic carbocycles. The number of nitrogens with two attached hydrogens (primary N) is 1. The molecule has 0 spiro atoms. The van der Waals surface area contributed by atoms with Crippen LogP contribution >= 0.6 is 0 Å². The molecular weight excluding hydrogens is 283 g/mol. The minimum absolute atomic E-state index is 0.0732. The average Bonchev–Trinajstić information content (AvgIpc) is 2.41. The van der Waals surface area contributed by atoms with Gasteiger partial charge in [-0.25, -0.2) is 12.8 Å². The van der Waals surface area contributed by atoms with E-state index in [0.29, 0.717) is 6.42 Å². The van der Waals surface area contributed by atoms with Gasteiger partial charge in [0.2, 0.25) is 10.0 Å². The summed E-state index contributed by atoms with van der Waals surface area (Å²) in [4.78, 5) is -0.0967. The lowest BCUT2D eigenvalue weighted by Gasteiger charge is -2.27. The zero-order chi connectivity index (χ0) is 15.3. The van der Waals surface area contributed by atoms with Crippen LogP contribution in [0.15, 0.2) is 23.1 Å². The van der Waals surface area contributed by atoms with Crippen LogP contribution < -0.4 is 5.73 Å². The summed E-state index contributed by atoms with van der Waals surface area (Å²) in [7, 11) is -2.26. The van der Waals surface area contributed by atoms with Gasteiger partial charge in [-0.05, 0) is 31.5 Å². The van der Waals surface area contributed by atoms with Crippen molar-refractivity contribution < 1.29 is 17.5 Å². The molecule has 7 heteroatoms. The second-order valence-electron chi connectivity index (χ2n) is 4.55. The first-order valence-electron chi connectivity index (χ1n) is 6.40. The minimum atomic E-state index is -3.77. The second kappa shape index (κ2) is 7.01. The van der Waals surface area contributed by atoms with Gasteiger partial charge in [0.25, 0.3) is 0 Å². The monoisotopic (exact) mass is 304 g/mol. The van der Waals surface area contributed by atoms with Gasteiger partial charge >= 0.3 is 0 Å². The summed E-state index contributed by atoms with van der Waals surface area (Å²) in [5.74, 6) is -0.734. The van der Waals surface area contributed by atoms with Gasteiger partial charge in [-0.15, -0.1) is 0 Å². The highest BCUT2D eigenvalue weighted by atomic mass is 32.2. The number of ether oxygens (including phenoxy) is 1. The summed E-state index contributed by atoms with van der Waals surface area (Å²) in [5, 5.41) is 0. The Kier molecular flexibility index (Phi) is 5.91. The van der Waals surface area contributed by atoms with E-state index in [2.05, 4.69) is 0 Å². The van der Waals surface area contributed by atoms with Crippen molar-refractivity contribution in [3.8, 4) is 0 Å². The molecule has 20 heavy (non-hydrogen) atoms. The molecule has 1 unspecified atom stereocenters. The third-order valence-corrected chi connectivity index (χ3v) is 5.19. The topological polar surface area (TPSA) is 72.6 Å². The van der Waals surface area contributed by atoms with Crippen LogP contribution in [0.3, 0.4) is 0 Å².